The van der Waals surface area contributed by atoms with Gasteiger partial charge < -0.3 is 9.40 Å². The van der Waals surface area contributed by atoms with Gasteiger partial charge in [0.15, 0.2) is 5.69 Å². The summed E-state index contributed by atoms with van der Waals surface area (Å²) in [5.41, 5.74) is -0.0413. The van der Waals surface area contributed by atoms with Crippen molar-refractivity contribution >= 4 is 26.6 Å². The number of fused-ring (bicyclic) bond motifs is 1. The topological polar surface area (TPSA) is 112 Å². The average Bonchev–Trinajstić information content (AvgIpc) is 3.16. The number of oxazole rings is 1. The molecule has 2 heterocycles. The van der Waals surface area contributed by atoms with E-state index in [1.165, 1.54) is 12.3 Å². The number of rotatable bonds is 3. The lowest BCUT2D eigenvalue weighted by atomic mass is 10.1. The van der Waals surface area contributed by atoms with E-state index in [1.807, 2.05) is 6.07 Å². The predicted molar refractivity (Wildman–Crippen MR) is 80.1 cm³/mol. The summed E-state index contributed by atoms with van der Waals surface area (Å²) in [5.74, 6) is 0. The fourth-order valence-electron chi connectivity index (χ4n) is 2.29. The van der Waals surface area contributed by atoms with E-state index < -0.39 is 27.1 Å². The zero-order chi connectivity index (χ0) is 18.4. The lowest BCUT2D eigenvalue weighted by Crippen LogP contribution is -2.14. The number of hydrogen-bond acceptors (Lipinski definition) is 5. The predicted octanol–water partition coefficient (Wildman–Crippen LogP) is 3.16. The first-order valence-corrected chi connectivity index (χ1v) is 8.18. The number of benzene rings is 1. The molecular weight excluding hydrogens is 361 g/mol. The molecule has 2 aromatic heterocycles. The van der Waals surface area contributed by atoms with Gasteiger partial charge in [-0.25, -0.2) is 0 Å². The molecule has 3 rings (SSSR count). The Morgan fingerprint density at radius 1 is 1.36 bits per heavy atom. The molecule has 1 aromatic carbocycles. The Morgan fingerprint density at radius 3 is 2.68 bits per heavy atom. The van der Waals surface area contributed by atoms with Gasteiger partial charge in [0.1, 0.15) is 12.3 Å². The molecule has 0 aliphatic rings. The lowest BCUT2D eigenvalue weighted by Gasteiger charge is -2.08. The summed E-state index contributed by atoms with van der Waals surface area (Å²) in [5, 5.41) is 8.48. The average molecular weight is 370 g/mol. The molecule has 3 aromatic rings. The monoisotopic (exact) mass is 370 g/mol. The van der Waals surface area contributed by atoms with Crippen LogP contribution in [0.4, 0.5) is 18.9 Å². The highest BCUT2D eigenvalue weighted by molar-refractivity contribution is 7.92. The maximum absolute atomic E-state index is 12.5. The quantitative estimate of drug-likeness (QED) is 0.735. The van der Waals surface area contributed by atoms with Crippen molar-refractivity contribution in [1.29, 1.82) is 5.26 Å². The van der Waals surface area contributed by atoms with Gasteiger partial charge >= 0.3 is 21.4 Å². The van der Waals surface area contributed by atoms with Crippen LogP contribution in [-0.4, -0.2) is 18.4 Å². The van der Waals surface area contributed by atoms with Crippen LogP contribution >= 0.6 is 0 Å². The highest BCUT2D eigenvalue weighted by atomic mass is 32.2. The first kappa shape index (κ1) is 16.8. The SMILES string of the molecule is Cc1ccc(NS(=O)(=O)c2nc(C(F)(F)F)co2)c2[nH]cc(C#N)c12. The molecule has 0 bridgehead atoms. The molecule has 2 N–H and O–H groups in total. The van der Waals surface area contributed by atoms with Crippen LogP contribution in [0.3, 0.4) is 0 Å². The van der Waals surface area contributed by atoms with Crippen molar-refractivity contribution in [3.8, 4) is 6.07 Å². The van der Waals surface area contributed by atoms with Crippen molar-refractivity contribution in [2.45, 2.75) is 18.3 Å². The van der Waals surface area contributed by atoms with E-state index in [0.717, 1.165) is 5.56 Å². The summed E-state index contributed by atoms with van der Waals surface area (Å²) in [4.78, 5) is 5.74. The second-order valence-corrected chi connectivity index (χ2v) is 6.66. The molecule has 130 valence electrons. The van der Waals surface area contributed by atoms with Gasteiger partial charge in [0.25, 0.3) is 0 Å². The molecule has 0 amide bonds. The summed E-state index contributed by atoms with van der Waals surface area (Å²) in [7, 11) is -4.49. The largest absolute Gasteiger partial charge is 0.436 e. The Bertz CT molecular complexity index is 1110. The third kappa shape index (κ3) is 2.91. The van der Waals surface area contributed by atoms with E-state index in [0.29, 0.717) is 16.5 Å². The Hall–Kier alpha value is -3.00. The smallest absolute Gasteiger partial charge is 0.435 e. The van der Waals surface area contributed by atoms with Crippen molar-refractivity contribution in [1.82, 2.24) is 9.97 Å². The van der Waals surface area contributed by atoms with E-state index in [9.17, 15) is 21.6 Å². The van der Waals surface area contributed by atoms with Crippen LogP contribution in [0.5, 0.6) is 0 Å². The van der Waals surface area contributed by atoms with Gasteiger partial charge in [-0.3, -0.25) is 4.72 Å². The van der Waals surface area contributed by atoms with Crippen molar-refractivity contribution in [2.75, 3.05) is 4.72 Å². The Morgan fingerprint density at radius 2 is 2.08 bits per heavy atom. The number of alkyl halides is 3. The van der Waals surface area contributed by atoms with Crippen LogP contribution in [0.1, 0.15) is 16.8 Å². The molecule has 0 spiro atoms. The number of H-pyrrole nitrogens is 1. The van der Waals surface area contributed by atoms with E-state index in [-0.39, 0.29) is 12.0 Å². The van der Waals surface area contributed by atoms with Crippen molar-refractivity contribution in [3.63, 3.8) is 0 Å². The third-order valence-electron chi connectivity index (χ3n) is 3.41. The van der Waals surface area contributed by atoms with Gasteiger partial charge in [-0.2, -0.15) is 31.8 Å². The van der Waals surface area contributed by atoms with E-state index >= 15 is 0 Å². The minimum Gasteiger partial charge on any atom is -0.435 e. The molecule has 0 unspecified atom stereocenters. The van der Waals surface area contributed by atoms with Crippen molar-refractivity contribution < 1.29 is 26.0 Å². The number of aromatic amines is 1. The highest BCUT2D eigenvalue weighted by Gasteiger charge is 2.37. The second-order valence-electron chi connectivity index (χ2n) is 5.10. The Kier molecular flexibility index (Phi) is 3.72. The molecule has 0 aliphatic heterocycles. The maximum atomic E-state index is 12.5. The number of nitrogens with one attached hydrogen (secondary N) is 2. The highest BCUT2D eigenvalue weighted by Crippen LogP contribution is 2.32. The number of nitriles is 1. The number of aryl methyl sites for hydroxylation is 1. The third-order valence-corrected chi connectivity index (χ3v) is 4.55. The normalized spacial score (nSPS) is 12.3. The first-order valence-electron chi connectivity index (χ1n) is 6.70. The number of anilines is 1. The second kappa shape index (κ2) is 5.52. The number of nitrogens with zero attached hydrogens (tertiary/aromatic N) is 2. The van der Waals surface area contributed by atoms with Gasteiger partial charge in [-0.15, -0.1) is 0 Å². The fourth-order valence-corrected chi connectivity index (χ4v) is 3.23. The molecule has 0 fully saturated rings. The van der Waals surface area contributed by atoms with Crippen LogP contribution < -0.4 is 4.72 Å². The molecule has 0 radical (unpaired) electrons. The standard InChI is InChI=1S/C14H9F3N4O3S/c1-7-2-3-9(12-11(7)8(4-18)5-19-12)21-25(22,23)13-20-10(6-24-13)14(15,16)17/h2-3,5-6,19,21H,1H3. The van der Waals surface area contributed by atoms with Gasteiger partial charge in [-0.1, -0.05) is 6.07 Å². The fraction of sp³-hybridized carbons (Fsp3) is 0.143. The molecule has 0 aliphatic carbocycles. The molecule has 0 atom stereocenters. The molecule has 11 heteroatoms. The summed E-state index contributed by atoms with van der Waals surface area (Å²) in [6.07, 6.45) is -3.19. The van der Waals surface area contributed by atoms with Gasteiger partial charge in [0.05, 0.1) is 16.8 Å². The van der Waals surface area contributed by atoms with Crippen molar-refractivity contribution in [2.24, 2.45) is 0 Å². The number of halogens is 3. The van der Waals surface area contributed by atoms with Crippen LogP contribution in [0.2, 0.25) is 0 Å². The van der Waals surface area contributed by atoms with Crippen LogP contribution in [-0.2, 0) is 16.2 Å². The van der Waals surface area contributed by atoms with Gasteiger partial charge in [0.2, 0.25) is 0 Å². The van der Waals surface area contributed by atoms with Crippen LogP contribution in [0.25, 0.3) is 10.9 Å². The molecule has 0 saturated heterocycles. The summed E-state index contributed by atoms with van der Waals surface area (Å²) >= 11 is 0. The maximum Gasteiger partial charge on any atom is 0.436 e. The Balaban J connectivity index is 2.04. The summed E-state index contributed by atoms with van der Waals surface area (Å²) in [6, 6.07) is 4.96. The van der Waals surface area contributed by atoms with E-state index in [2.05, 4.69) is 19.1 Å². The van der Waals surface area contributed by atoms with Crippen molar-refractivity contribution in [3.05, 3.63) is 41.4 Å². The minimum absolute atomic E-state index is 0.0499. The zero-order valence-electron chi connectivity index (χ0n) is 12.5. The number of hydrogen-bond donors (Lipinski definition) is 2. The molecule has 0 saturated carbocycles. The Labute approximate surface area is 139 Å². The summed E-state index contributed by atoms with van der Waals surface area (Å²) in [6.45, 7) is 1.74. The number of aromatic nitrogens is 2. The lowest BCUT2D eigenvalue weighted by molar-refractivity contribution is -0.141. The van der Waals surface area contributed by atoms with E-state index in [4.69, 9.17) is 5.26 Å². The van der Waals surface area contributed by atoms with Gasteiger partial charge in [-0.05, 0) is 18.6 Å². The minimum atomic E-state index is -4.82. The van der Waals surface area contributed by atoms with E-state index in [1.54, 1.807) is 13.0 Å². The number of sulfonamides is 1. The molecular formula is C14H9F3N4O3S. The summed E-state index contributed by atoms with van der Waals surface area (Å²) < 4.78 is 68.6. The van der Waals surface area contributed by atoms with Gasteiger partial charge in [0, 0.05) is 11.6 Å². The zero-order valence-corrected chi connectivity index (χ0v) is 13.3. The molecule has 7 nitrogen and oxygen atoms in total. The van der Waals surface area contributed by atoms with Crippen LogP contribution in [0, 0.1) is 18.3 Å². The van der Waals surface area contributed by atoms with Crippen LogP contribution in [0.15, 0.2) is 34.2 Å². The first-order chi connectivity index (χ1) is 11.6. The molecule has 25 heavy (non-hydrogen) atoms.